The lowest BCUT2D eigenvalue weighted by molar-refractivity contribution is 0.102. The molecule has 1 aromatic carbocycles. The summed E-state index contributed by atoms with van der Waals surface area (Å²) < 4.78 is 0. The number of benzene rings is 1. The highest BCUT2D eigenvalue weighted by molar-refractivity contribution is 7.98. The molecule has 2 N–H and O–H groups in total. The van der Waals surface area contributed by atoms with E-state index in [1.165, 1.54) is 18.0 Å². The van der Waals surface area contributed by atoms with Crippen molar-refractivity contribution in [3.63, 3.8) is 0 Å². The molecule has 0 radical (unpaired) electrons. The number of thioether (sulfide) groups is 1. The SMILES string of the molecule is CNc1nc(SC)ncc1C(=O)Nc1ccccc1Cl. The molecule has 0 aliphatic carbocycles. The summed E-state index contributed by atoms with van der Waals surface area (Å²) in [6.07, 6.45) is 3.37. The van der Waals surface area contributed by atoms with Crippen molar-refractivity contribution in [1.82, 2.24) is 9.97 Å². The van der Waals surface area contributed by atoms with E-state index in [9.17, 15) is 4.79 Å². The van der Waals surface area contributed by atoms with E-state index in [1.54, 1.807) is 31.3 Å². The van der Waals surface area contributed by atoms with Crippen molar-refractivity contribution in [3.05, 3.63) is 41.0 Å². The number of amides is 1. The molecule has 0 saturated carbocycles. The van der Waals surface area contributed by atoms with Gasteiger partial charge in [-0.15, -0.1) is 0 Å². The molecular formula is C13H13ClN4OS. The molecule has 7 heteroatoms. The quantitative estimate of drug-likeness (QED) is 0.671. The van der Waals surface area contributed by atoms with E-state index in [1.807, 2.05) is 6.26 Å². The van der Waals surface area contributed by atoms with Crippen molar-refractivity contribution in [2.75, 3.05) is 23.9 Å². The molecular weight excluding hydrogens is 296 g/mol. The van der Waals surface area contributed by atoms with Crippen molar-refractivity contribution in [1.29, 1.82) is 0 Å². The van der Waals surface area contributed by atoms with Gasteiger partial charge < -0.3 is 10.6 Å². The van der Waals surface area contributed by atoms with Crippen LogP contribution in [0.25, 0.3) is 0 Å². The fraction of sp³-hybridized carbons (Fsp3) is 0.154. The van der Waals surface area contributed by atoms with Gasteiger partial charge in [0.2, 0.25) is 0 Å². The lowest BCUT2D eigenvalue weighted by atomic mass is 10.2. The third kappa shape index (κ3) is 3.20. The summed E-state index contributed by atoms with van der Waals surface area (Å²) in [6.45, 7) is 0. The zero-order valence-corrected chi connectivity index (χ0v) is 12.5. The largest absolute Gasteiger partial charge is 0.372 e. The van der Waals surface area contributed by atoms with Crippen LogP contribution in [0.5, 0.6) is 0 Å². The van der Waals surface area contributed by atoms with E-state index < -0.39 is 0 Å². The first kappa shape index (κ1) is 14.6. The summed E-state index contributed by atoms with van der Waals surface area (Å²) >= 11 is 7.42. The van der Waals surface area contributed by atoms with Crippen LogP contribution in [0.4, 0.5) is 11.5 Å². The smallest absolute Gasteiger partial charge is 0.261 e. The van der Waals surface area contributed by atoms with Crippen LogP contribution in [-0.4, -0.2) is 29.2 Å². The molecule has 0 saturated heterocycles. The number of rotatable bonds is 4. The lowest BCUT2D eigenvalue weighted by Crippen LogP contribution is -2.16. The molecule has 0 atom stereocenters. The van der Waals surface area contributed by atoms with Crippen molar-refractivity contribution in [2.45, 2.75) is 5.16 Å². The van der Waals surface area contributed by atoms with Crippen molar-refractivity contribution < 1.29 is 4.79 Å². The molecule has 0 fully saturated rings. The van der Waals surface area contributed by atoms with Gasteiger partial charge in [0.05, 0.1) is 10.7 Å². The van der Waals surface area contributed by atoms with Gasteiger partial charge in [-0.2, -0.15) is 0 Å². The number of carbonyl (C=O) groups is 1. The number of aromatic nitrogens is 2. The number of para-hydroxylation sites is 1. The first-order valence-electron chi connectivity index (χ1n) is 5.80. The van der Waals surface area contributed by atoms with E-state index >= 15 is 0 Å². The number of anilines is 2. The van der Waals surface area contributed by atoms with Crippen LogP contribution in [0.1, 0.15) is 10.4 Å². The molecule has 0 unspecified atom stereocenters. The van der Waals surface area contributed by atoms with Gasteiger partial charge in [0.25, 0.3) is 5.91 Å². The summed E-state index contributed by atoms with van der Waals surface area (Å²) in [5.74, 6) is 0.170. The minimum Gasteiger partial charge on any atom is -0.372 e. The third-order valence-corrected chi connectivity index (χ3v) is 3.44. The molecule has 1 aromatic heterocycles. The Morgan fingerprint density at radius 3 is 2.75 bits per heavy atom. The number of carbonyl (C=O) groups excluding carboxylic acids is 1. The molecule has 2 aromatic rings. The maximum atomic E-state index is 12.2. The lowest BCUT2D eigenvalue weighted by Gasteiger charge is -2.10. The zero-order chi connectivity index (χ0) is 14.5. The average molecular weight is 309 g/mol. The maximum Gasteiger partial charge on any atom is 0.261 e. The molecule has 0 aliphatic rings. The van der Waals surface area contributed by atoms with E-state index in [0.29, 0.717) is 27.2 Å². The fourth-order valence-electron chi connectivity index (χ4n) is 1.57. The van der Waals surface area contributed by atoms with E-state index in [2.05, 4.69) is 20.6 Å². The fourth-order valence-corrected chi connectivity index (χ4v) is 2.10. The molecule has 1 amide bonds. The van der Waals surface area contributed by atoms with Crippen molar-refractivity contribution in [3.8, 4) is 0 Å². The Morgan fingerprint density at radius 2 is 2.10 bits per heavy atom. The van der Waals surface area contributed by atoms with Gasteiger partial charge in [-0.1, -0.05) is 35.5 Å². The van der Waals surface area contributed by atoms with Gasteiger partial charge in [-0.3, -0.25) is 4.79 Å². The summed E-state index contributed by atoms with van der Waals surface area (Å²) in [5.41, 5.74) is 0.917. The Morgan fingerprint density at radius 1 is 1.35 bits per heavy atom. The highest BCUT2D eigenvalue weighted by atomic mass is 35.5. The number of nitrogens with zero attached hydrogens (tertiary/aromatic N) is 2. The minimum absolute atomic E-state index is 0.310. The Labute approximate surface area is 126 Å². The standard InChI is InChI=1S/C13H13ClN4OS/c1-15-11-8(7-16-13(18-11)20-2)12(19)17-10-6-4-3-5-9(10)14/h3-7H,1-2H3,(H,17,19)(H,15,16,18). The number of hydrogen-bond acceptors (Lipinski definition) is 5. The van der Waals surface area contributed by atoms with Crippen LogP contribution in [0.2, 0.25) is 5.02 Å². The van der Waals surface area contributed by atoms with E-state index in [4.69, 9.17) is 11.6 Å². The van der Waals surface area contributed by atoms with Gasteiger partial charge in [0.1, 0.15) is 11.4 Å². The summed E-state index contributed by atoms with van der Waals surface area (Å²) in [6, 6.07) is 7.04. The van der Waals surface area contributed by atoms with Gasteiger partial charge >= 0.3 is 0 Å². The van der Waals surface area contributed by atoms with Crippen LogP contribution < -0.4 is 10.6 Å². The summed E-state index contributed by atoms with van der Waals surface area (Å²) in [4.78, 5) is 20.6. The first-order chi connectivity index (χ1) is 9.65. The van der Waals surface area contributed by atoms with E-state index in [-0.39, 0.29) is 5.91 Å². The molecule has 5 nitrogen and oxygen atoms in total. The van der Waals surface area contributed by atoms with Crippen LogP contribution in [0.15, 0.2) is 35.6 Å². The highest BCUT2D eigenvalue weighted by Gasteiger charge is 2.15. The van der Waals surface area contributed by atoms with Crippen LogP contribution in [-0.2, 0) is 0 Å². The monoisotopic (exact) mass is 308 g/mol. The van der Waals surface area contributed by atoms with Crippen LogP contribution >= 0.6 is 23.4 Å². The first-order valence-corrected chi connectivity index (χ1v) is 7.40. The van der Waals surface area contributed by atoms with Crippen LogP contribution in [0, 0.1) is 0 Å². The van der Waals surface area contributed by atoms with Gasteiger partial charge in [0, 0.05) is 13.2 Å². The molecule has 1 heterocycles. The predicted octanol–water partition coefficient (Wildman–Crippen LogP) is 3.15. The molecule has 20 heavy (non-hydrogen) atoms. The summed E-state index contributed by atoms with van der Waals surface area (Å²) in [7, 11) is 1.71. The topological polar surface area (TPSA) is 66.9 Å². The molecule has 0 bridgehead atoms. The van der Waals surface area contributed by atoms with Crippen molar-refractivity contribution >= 4 is 40.8 Å². The number of halogens is 1. The van der Waals surface area contributed by atoms with Crippen molar-refractivity contribution in [2.24, 2.45) is 0 Å². The Hall–Kier alpha value is -1.79. The Bertz CT molecular complexity index is 636. The number of nitrogens with one attached hydrogen (secondary N) is 2. The van der Waals surface area contributed by atoms with Gasteiger partial charge in [-0.05, 0) is 18.4 Å². The predicted molar refractivity (Wildman–Crippen MR) is 82.8 cm³/mol. The Kier molecular flexibility index (Phi) is 4.81. The zero-order valence-electron chi connectivity index (χ0n) is 11.0. The van der Waals surface area contributed by atoms with Gasteiger partial charge in [0.15, 0.2) is 5.16 Å². The Balaban J connectivity index is 2.27. The summed E-state index contributed by atoms with van der Waals surface area (Å²) in [5, 5.41) is 6.72. The normalized spacial score (nSPS) is 10.2. The maximum absolute atomic E-state index is 12.2. The second kappa shape index (κ2) is 6.58. The van der Waals surface area contributed by atoms with Crippen LogP contribution in [0.3, 0.4) is 0 Å². The molecule has 0 spiro atoms. The molecule has 104 valence electrons. The molecule has 2 rings (SSSR count). The second-order valence-electron chi connectivity index (χ2n) is 3.80. The van der Waals surface area contributed by atoms with E-state index in [0.717, 1.165) is 0 Å². The van der Waals surface area contributed by atoms with Gasteiger partial charge in [-0.25, -0.2) is 9.97 Å². The third-order valence-electron chi connectivity index (χ3n) is 2.55. The minimum atomic E-state index is -0.310. The number of hydrogen-bond donors (Lipinski definition) is 2. The second-order valence-corrected chi connectivity index (χ2v) is 4.98. The average Bonchev–Trinajstić information content (AvgIpc) is 2.48. The highest BCUT2D eigenvalue weighted by Crippen LogP contribution is 2.22. The molecule has 0 aliphatic heterocycles.